The van der Waals surface area contributed by atoms with Gasteiger partial charge in [-0.1, -0.05) is 35.5 Å². The van der Waals surface area contributed by atoms with Crippen molar-refractivity contribution in [3.05, 3.63) is 35.9 Å². The molecule has 1 spiro atoms. The van der Waals surface area contributed by atoms with Crippen LogP contribution in [-0.4, -0.2) is 30.3 Å². The van der Waals surface area contributed by atoms with Gasteiger partial charge in [0.25, 0.3) is 5.91 Å². The topological polar surface area (TPSA) is 62.7 Å². The highest BCUT2D eigenvalue weighted by atomic mass is 35.5. The Morgan fingerprint density at radius 3 is 2.71 bits per heavy atom. The Hall–Kier alpha value is -1.59. The predicted octanol–water partition coefficient (Wildman–Crippen LogP) is 1.62. The molecule has 0 radical (unpaired) electrons. The predicted molar refractivity (Wildman–Crippen MR) is 83.5 cm³/mol. The molecule has 1 amide bonds. The molecular weight excluding hydrogens is 290 g/mol. The van der Waals surface area contributed by atoms with E-state index in [0.29, 0.717) is 18.7 Å². The first-order chi connectivity index (χ1) is 9.77. The summed E-state index contributed by atoms with van der Waals surface area (Å²) in [5, 5.41) is 10.2. The number of rotatable bonds is 3. The minimum atomic E-state index is -0.245. The maximum absolute atomic E-state index is 12.1. The third kappa shape index (κ3) is 3.74. The van der Waals surface area contributed by atoms with Crippen molar-refractivity contribution in [2.75, 3.05) is 13.1 Å². The highest BCUT2D eigenvalue weighted by Crippen LogP contribution is 2.32. The van der Waals surface area contributed by atoms with Crippen LogP contribution in [0.1, 0.15) is 24.8 Å². The van der Waals surface area contributed by atoms with E-state index in [1.54, 1.807) is 0 Å². The second kappa shape index (κ2) is 6.91. The zero-order valence-electron chi connectivity index (χ0n) is 11.8. The van der Waals surface area contributed by atoms with Gasteiger partial charge in [0.15, 0.2) is 0 Å². The van der Waals surface area contributed by atoms with E-state index in [4.69, 9.17) is 4.84 Å². The number of hydrogen-bond acceptors (Lipinski definition) is 4. The first kappa shape index (κ1) is 15.8. The number of piperidine rings is 1. The summed E-state index contributed by atoms with van der Waals surface area (Å²) in [5.74, 6) is -0.121. The van der Waals surface area contributed by atoms with Crippen LogP contribution in [0.2, 0.25) is 0 Å². The molecule has 1 aromatic carbocycles. The lowest BCUT2D eigenvalue weighted by molar-refractivity contribution is -0.115. The fraction of sp³-hybridized carbons (Fsp3) is 0.467. The molecule has 1 fully saturated rings. The van der Waals surface area contributed by atoms with Gasteiger partial charge in [-0.2, -0.15) is 0 Å². The van der Waals surface area contributed by atoms with Gasteiger partial charge in [-0.15, -0.1) is 12.4 Å². The minimum absolute atomic E-state index is 0. The van der Waals surface area contributed by atoms with Crippen LogP contribution in [0.5, 0.6) is 0 Å². The van der Waals surface area contributed by atoms with E-state index in [0.717, 1.165) is 31.5 Å². The summed E-state index contributed by atoms with van der Waals surface area (Å²) in [4.78, 5) is 17.7. The fourth-order valence-electron chi connectivity index (χ4n) is 2.67. The molecule has 0 unspecified atom stereocenters. The van der Waals surface area contributed by atoms with Crippen molar-refractivity contribution in [1.29, 1.82) is 0 Å². The number of hydrogen-bond donors (Lipinski definition) is 2. The summed E-state index contributed by atoms with van der Waals surface area (Å²) in [6.07, 6.45) is 2.44. The average Bonchev–Trinajstić information content (AvgIpc) is 2.90. The molecule has 2 aliphatic rings. The molecule has 1 saturated heterocycles. The van der Waals surface area contributed by atoms with Gasteiger partial charge < -0.3 is 15.5 Å². The lowest BCUT2D eigenvalue weighted by Crippen LogP contribution is -2.43. The first-order valence-electron chi connectivity index (χ1n) is 7.05. The van der Waals surface area contributed by atoms with E-state index in [1.165, 1.54) is 0 Å². The van der Waals surface area contributed by atoms with Crippen molar-refractivity contribution in [2.45, 2.75) is 31.4 Å². The van der Waals surface area contributed by atoms with Crippen LogP contribution in [0.4, 0.5) is 0 Å². The number of benzene rings is 1. The second-order valence-corrected chi connectivity index (χ2v) is 5.41. The van der Waals surface area contributed by atoms with E-state index in [2.05, 4.69) is 15.8 Å². The molecule has 0 atom stereocenters. The van der Waals surface area contributed by atoms with Gasteiger partial charge in [-0.05, 0) is 18.7 Å². The van der Waals surface area contributed by atoms with Crippen molar-refractivity contribution in [3.8, 4) is 0 Å². The third-order valence-electron chi connectivity index (χ3n) is 3.91. The van der Waals surface area contributed by atoms with E-state index in [-0.39, 0.29) is 23.9 Å². The second-order valence-electron chi connectivity index (χ2n) is 5.41. The van der Waals surface area contributed by atoms with Crippen molar-refractivity contribution in [1.82, 2.24) is 10.6 Å². The monoisotopic (exact) mass is 309 g/mol. The zero-order chi connectivity index (χ0) is 13.8. The summed E-state index contributed by atoms with van der Waals surface area (Å²) < 4.78 is 0. The zero-order valence-corrected chi connectivity index (χ0v) is 12.6. The van der Waals surface area contributed by atoms with Crippen molar-refractivity contribution in [2.24, 2.45) is 5.16 Å². The molecule has 0 aliphatic carbocycles. The van der Waals surface area contributed by atoms with Gasteiger partial charge in [-0.3, -0.25) is 4.79 Å². The normalized spacial score (nSPS) is 19.3. The van der Waals surface area contributed by atoms with Gasteiger partial charge in [0.05, 0.1) is 0 Å². The molecule has 2 heterocycles. The van der Waals surface area contributed by atoms with Gasteiger partial charge in [0.2, 0.25) is 0 Å². The Balaban J connectivity index is 0.00000161. The van der Waals surface area contributed by atoms with Crippen LogP contribution in [0.15, 0.2) is 35.5 Å². The van der Waals surface area contributed by atoms with Crippen LogP contribution in [0.25, 0.3) is 0 Å². The standard InChI is InChI=1S/C15H19N3O2.ClH/c19-14(17-11-12-4-2-1-3-5-12)13-10-15(20-18-13)6-8-16-9-7-15;/h1-5,16H,6-11H2,(H,17,19);1H. The summed E-state index contributed by atoms with van der Waals surface area (Å²) >= 11 is 0. The lowest BCUT2D eigenvalue weighted by atomic mass is 9.87. The summed E-state index contributed by atoms with van der Waals surface area (Å²) in [6.45, 7) is 2.37. The van der Waals surface area contributed by atoms with Gasteiger partial charge in [-0.25, -0.2) is 0 Å². The van der Waals surface area contributed by atoms with Crippen LogP contribution in [0.3, 0.4) is 0 Å². The Morgan fingerprint density at radius 2 is 2.00 bits per heavy atom. The molecule has 0 saturated carbocycles. The smallest absolute Gasteiger partial charge is 0.269 e. The van der Waals surface area contributed by atoms with Crippen LogP contribution < -0.4 is 10.6 Å². The summed E-state index contributed by atoms with van der Waals surface area (Å²) in [5.41, 5.74) is 1.35. The van der Waals surface area contributed by atoms with Crippen LogP contribution in [-0.2, 0) is 16.2 Å². The third-order valence-corrected chi connectivity index (χ3v) is 3.91. The maximum atomic E-state index is 12.1. The fourth-order valence-corrected chi connectivity index (χ4v) is 2.67. The molecule has 2 aliphatic heterocycles. The highest BCUT2D eigenvalue weighted by Gasteiger charge is 2.41. The lowest BCUT2D eigenvalue weighted by Gasteiger charge is -2.30. The molecule has 1 aromatic rings. The SMILES string of the molecule is Cl.O=C(NCc1ccccc1)C1=NOC2(CCNCC2)C1. The Morgan fingerprint density at radius 1 is 1.29 bits per heavy atom. The number of amides is 1. The van der Waals surface area contributed by atoms with Gasteiger partial charge >= 0.3 is 0 Å². The Labute approximate surface area is 130 Å². The summed E-state index contributed by atoms with van der Waals surface area (Å²) in [6, 6.07) is 9.85. The quantitative estimate of drug-likeness (QED) is 0.892. The number of halogens is 1. The average molecular weight is 310 g/mol. The van der Waals surface area contributed by atoms with Crippen LogP contribution in [0, 0.1) is 0 Å². The summed E-state index contributed by atoms with van der Waals surface area (Å²) in [7, 11) is 0. The van der Waals surface area contributed by atoms with Gasteiger partial charge in [0.1, 0.15) is 11.3 Å². The first-order valence-corrected chi connectivity index (χ1v) is 7.05. The largest absolute Gasteiger partial charge is 0.388 e. The Kier molecular flexibility index (Phi) is 5.20. The molecule has 6 heteroatoms. The number of nitrogens with one attached hydrogen (secondary N) is 2. The van der Waals surface area contributed by atoms with Crippen molar-refractivity contribution < 1.29 is 9.63 Å². The molecular formula is C15H20ClN3O2. The maximum Gasteiger partial charge on any atom is 0.269 e. The van der Waals surface area contributed by atoms with Crippen LogP contribution >= 0.6 is 12.4 Å². The highest BCUT2D eigenvalue weighted by molar-refractivity contribution is 6.39. The van der Waals surface area contributed by atoms with E-state index >= 15 is 0 Å². The number of carbonyl (C=O) groups excluding carboxylic acids is 1. The molecule has 3 rings (SSSR count). The minimum Gasteiger partial charge on any atom is -0.388 e. The van der Waals surface area contributed by atoms with E-state index in [1.807, 2.05) is 30.3 Å². The molecule has 5 nitrogen and oxygen atoms in total. The Bertz CT molecular complexity index is 513. The number of nitrogens with zero attached hydrogens (tertiary/aromatic N) is 1. The van der Waals surface area contributed by atoms with E-state index in [9.17, 15) is 4.79 Å². The molecule has 0 aromatic heterocycles. The van der Waals surface area contributed by atoms with Gasteiger partial charge in [0, 0.05) is 25.8 Å². The molecule has 2 N–H and O–H groups in total. The number of carbonyl (C=O) groups is 1. The van der Waals surface area contributed by atoms with Crippen molar-refractivity contribution in [3.63, 3.8) is 0 Å². The molecule has 21 heavy (non-hydrogen) atoms. The molecule has 0 bridgehead atoms. The molecule has 114 valence electrons. The number of oxime groups is 1. The van der Waals surface area contributed by atoms with Crippen molar-refractivity contribution >= 4 is 24.0 Å². The van der Waals surface area contributed by atoms with E-state index < -0.39 is 0 Å².